The lowest BCUT2D eigenvalue weighted by molar-refractivity contribution is -0.143. The van der Waals surface area contributed by atoms with Gasteiger partial charge in [-0.05, 0) is 18.6 Å². The Morgan fingerprint density at radius 1 is 1.44 bits per heavy atom. The molecule has 0 unspecified atom stereocenters. The van der Waals surface area contributed by atoms with Gasteiger partial charge in [-0.3, -0.25) is 4.79 Å². The lowest BCUT2D eigenvalue weighted by Gasteiger charge is -1.97. The number of nitrogens with zero attached hydrogens (tertiary/aromatic N) is 1. The zero-order valence-electron chi connectivity index (χ0n) is 9.37. The van der Waals surface area contributed by atoms with Gasteiger partial charge in [0, 0.05) is 12.6 Å². The summed E-state index contributed by atoms with van der Waals surface area (Å²) >= 11 is 11.0. The molecule has 0 N–H and O–H groups in total. The van der Waals surface area contributed by atoms with Crippen molar-refractivity contribution < 1.29 is 9.53 Å². The average Bonchev–Trinajstić information content (AvgIpc) is 2.30. The molecule has 0 amide bonds. The van der Waals surface area contributed by atoms with E-state index in [0.29, 0.717) is 23.2 Å². The monoisotopic (exact) mass is 263 g/mol. The molecule has 1 rings (SSSR count). The summed E-state index contributed by atoms with van der Waals surface area (Å²) < 4.78 is 4.70. The van der Waals surface area contributed by atoms with Crippen molar-refractivity contribution >= 4 is 29.2 Å². The zero-order valence-corrected chi connectivity index (χ0v) is 10.9. The Balaban J connectivity index is 0.000000281. The van der Waals surface area contributed by atoms with Crippen LogP contribution < -0.4 is 0 Å². The smallest absolute Gasteiger partial charge is 0.305 e. The fourth-order valence-electron chi connectivity index (χ4n) is 0.684. The van der Waals surface area contributed by atoms with Crippen LogP contribution in [0.3, 0.4) is 0 Å². The van der Waals surface area contributed by atoms with Gasteiger partial charge in [0.2, 0.25) is 0 Å². The minimum Gasteiger partial charge on any atom is -0.466 e. The third kappa shape index (κ3) is 7.49. The summed E-state index contributed by atoms with van der Waals surface area (Å²) in [7, 11) is 0. The predicted octanol–water partition coefficient (Wildman–Crippen LogP) is 3.74. The molecule has 0 aliphatic heterocycles. The van der Waals surface area contributed by atoms with Crippen LogP contribution in [-0.2, 0) is 9.53 Å². The number of hydrogen-bond donors (Lipinski definition) is 0. The van der Waals surface area contributed by atoms with Crippen LogP contribution in [0.2, 0.25) is 10.2 Å². The Hall–Kier alpha value is -0.800. The van der Waals surface area contributed by atoms with Crippen molar-refractivity contribution in [2.75, 3.05) is 6.61 Å². The zero-order chi connectivity index (χ0) is 12.4. The highest BCUT2D eigenvalue weighted by Gasteiger charge is 1.93. The number of carbonyl (C=O) groups is 1. The number of carbonyl (C=O) groups excluding carboxylic acids is 1. The summed E-state index contributed by atoms with van der Waals surface area (Å²) in [5, 5.41) is 0.850. The molecule has 0 saturated heterocycles. The second kappa shape index (κ2) is 9.43. The minimum atomic E-state index is -0.105. The highest BCUT2D eigenvalue weighted by molar-refractivity contribution is 6.41. The maximum absolute atomic E-state index is 10.3. The highest BCUT2D eigenvalue weighted by atomic mass is 35.5. The number of aromatic nitrogens is 1. The van der Waals surface area contributed by atoms with Crippen molar-refractivity contribution in [1.29, 1.82) is 0 Å². The molecule has 0 bridgehead atoms. The summed E-state index contributed by atoms with van der Waals surface area (Å²) in [5.74, 6) is -0.105. The molecule has 0 spiro atoms. The summed E-state index contributed by atoms with van der Waals surface area (Å²) in [6.07, 6.45) is 2.99. The minimum absolute atomic E-state index is 0.105. The molecule has 5 heteroatoms. The first-order chi connectivity index (χ1) is 7.61. The van der Waals surface area contributed by atoms with E-state index in [9.17, 15) is 4.79 Å². The van der Waals surface area contributed by atoms with E-state index in [4.69, 9.17) is 27.9 Å². The van der Waals surface area contributed by atoms with E-state index in [1.165, 1.54) is 0 Å². The molecule has 1 aromatic heterocycles. The van der Waals surface area contributed by atoms with Gasteiger partial charge in [-0.15, -0.1) is 0 Å². The molecule has 0 aliphatic carbocycles. The third-order valence-electron chi connectivity index (χ3n) is 1.47. The van der Waals surface area contributed by atoms with Crippen molar-refractivity contribution in [3.8, 4) is 0 Å². The highest BCUT2D eigenvalue weighted by Crippen LogP contribution is 2.16. The van der Waals surface area contributed by atoms with Gasteiger partial charge in [-0.25, -0.2) is 4.98 Å². The van der Waals surface area contributed by atoms with E-state index in [2.05, 4.69) is 4.98 Å². The largest absolute Gasteiger partial charge is 0.466 e. The van der Waals surface area contributed by atoms with E-state index in [1.807, 2.05) is 6.92 Å². The molecule has 16 heavy (non-hydrogen) atoms. The molecule has 90 valence electrons. The van der Waals surface area contributed by atoms with Gasteiger partial charge in [-0.1, -0.05) is 37.0 Å². The van der Waals surface area contributed by atoms with E-state index in [-0.39, 0.29) is 5.97 Å². The number of rotatable bonds is 3. The van der Waals surface area contributed by atoms with Gasteiger partial charge >= 0.3 is 5.97 Å². The number of halogens is 2. The molecule has 1 heterocycles. The van der Waals surface area contributed by atoms with E-state index >= 15 is 0 Å². The van der Waals surface area contributed by atoms with Crippen LogP contribution in [0.25, 0.3) is 0 Å². The Kier molecular flexibility index (Phi) is 8.96. The Labute approximate surface area is 106 Å². The van der Waals surface area contributed by atoms with Crippen molar-refractivity contribution in [3.63, 3.8) is 0 Å². The summed E-state index contributed by atoms with van der Waals surface area (Å²) in [5.41, 5.74) is 0. The topological polar surface area (TPSA) is 39.2 Å². The van der Waals surface area contributed by atoms with E-state index in [1.54, 1.807) is 25.3 Å². The van der Waals surface area contributed by atoms with Gasteiger partial charge in [0.1, 0.15) is 5.15 Å². The molecule has 0 saturated carbocycles. The second-order valence-electron chi connectivity index (χ2n) is 2.85. The fourth-order valence-corrected chi connectivity index (χ4v) is 0.925. The number of esters is 1. The van der Waals surface area contributed by atoms with Gasteiger partial charge in [0.05, 0.1) is 11.6 Å². The normalized spacial score (nSPS) is 9.00. The quantitative estimate of drug-likeness (QED) is 0.616. The summed E-state index contributed by atoms with van der Waals surface area (Å²) in [4.78, 5) is 14.1. The van der Waals surface area contributed by atoms with Crippen molar-refractivity contribution in [2.45, 2.75) is 26.7 Å². The molecule has 0 aromatic carbocycles. The molecule has 0 radical (unpaired) electrons. The molecule has 0 atom stereocenters. The fraction of sp³-hybridized carbons (Fsp3) is 0.455. The average molecular weight is 264 g/mol. The summed E-state index contributed by atoms with van der Waals surface area (Å²) in [6.45, 7) is 4.33. The number of hydrogen-bond acceptors (Lipinski definition) is 3. The molecule has 0 aliphatic rings. The Morgan fingerprint density at radius 2 is 2.12 bits per heavy atom. The lowest BCUT2D eigenvalue weighted by atomic mass is 10.5. The maximum atomic E-state index is 10.3. The van der Waals surface area contributed by atoms with E-state index < -0.39 is 0 Å². The van der Waals surface area contributed by atoms with Crippen LogP contribution in [0.5, 0.6) is 0 Å². The third-order valence-corrected chi connectivity index (χ3v) is 2.17. The summed E-state index contributed by atoms with van der Waals surface area (Å²) in [6, 6.07) is 3.42. The van der Waals surface area contributed by atoms with Gasteiger partial charge < -0.3 is 4.74 Å². The standard InChI is InChI=1S/C6H12O2.C5H3Cl2N/c1-3-5-8-6(7)4-2;6-4-2-1-3-8-5(4)7/h3-5H2,1-2H3;1-3H. The lowest BCUT2D eigenvalue weighted by Crippen LogP contribution is -2.02. The first-order valence-electron chi connectivity index (χ1n) is 5.03. The van der Waals surface area contributed by atoms with Crippen molar-refractivity contribution in [1.82, 2.24) is 4.98 Å². The van der Waals surface area contributed by atoms with Gasteiger partial charge in [0.25, 0.3) is 0 Å². The Morgan fingerprint density at radius 3 is 2.50 bits per heavy atom. The van der Waals surface area contributed by atoms with Gasteiger partial charge in [0.15, 0.2) is 0 Å². The molecular formula is C11H15Cl2NO2. The Bertz CT molecular complexity index is 298. The van der Waals surface area contributed by atoms with Gasteiger partial charge in [-0.2, -0.15) is 0 Å². The SMILES string of the molecule is CCCOC(=O)CC.Clc1cccnc1Cl. The van der Waals surface area contributed by atoms with E-state index in [0.717, 1.165) is 6.42 Å². The van der Waals surface area contributed by atoms with Crippen LogP contribution in [0, 0.1) is 0 Å². The predicted molar refractivity (Wildman–Crippen MR) is 65.8 cm³/mol. The number of ether oxygens (including phenoxy) is 1. The van der Waals surface area contributed by atoms with Crippen LogP contribution in [0.1, 0.15) is 26.7 Å². The first-order valence-corrected chi connectivity index (χ1v) is 5.79. The van der Waals surface area contributed by atoms with Crippen LogP contribution in [0.15, 0.2) is 18.3 Å². The van der Waals surface area contributed by atoms with Crippen LogP contribution in [0.4, 0.5) is 0 Å². The van der Waals surface area contributed by atoms with Crippen LogP contribution >= 0.6 is 23.2 Å². The molecule has 3 nitrogen and oxygen atoms in total. The first kappa shape index (κ1) is 15.2. The van der Waals surface area contributed by atoms with Crippen molar-refractivity contribution in [3.05, 3.63) is 28.5 Å². The molecular weight excluding hydrogens is 249 g/mol. The second-order valence-corrected chi connectivity index (χ2v) is 3.62. The van der Waals surface area contributed by atoms with Crippen LogP contribution in [-0.4, -0.2) is 17.6 Å². The maximum Gasteiger partial charge on any atom is 0.305 e. The molecule has 0 fully saturated rings. The number of pyridine rings is 1. The molecule has 1 aromatic rings. The van der Waals surface area contributed by atoms with Crippen molar-refractivity contribution in [2.24, 2.45) is 0 Å².